The number of nitro groups is 4. The first-order chi connectivity index (χ1) is 15.0. The molecule has 0 amide bonds. The van der Waals surface area contributed by atoms with Crippen molar-refractivity contribution in [3.8, 4) is 0 Å². The van der Waals surface area contributed by atoms with Gasteiger partial charge >= 0.3 is 11.4 Å². The number of hydrazone groups is 2. The number of nitrogens with zero attached hydrogens (tertiary/aromatic N) is 6. The highest BCUT2D eigenvalue weighted by molar-refractivity contribution is 6.40. The summed E-state index contributed by atoms with van der Waals surface area (Å²) in [5, 5.41) is 51.7. The summed E-state index contributed by atoms with van der Waals surface area (Å²) >= 11 is 0. The van der Waals surface area contributed by atoms with Crippen LogP contribution in [0.2, 0.25) is 0 Å². The molecule has 166 valence electrons. The molecule has 0 aromatic heterocycles. The number of hydrogen-bond donors (Lipinski definition) is 2. The van der Waals surface area contributed by atoms with Crippen molar-refractivity contribution < 1.29 is 19.7 Å². The number of rotatable bonds is 9. The molecule has 0 spiro atoms. The van der Waals surface area contributed by atoms with Crippen LogP contribution in [0.5, 0.6) is 0 Å². The highest BCUT2D eigenvalue weighted by atomic mass is 16.6. The molecule has 2 aromatic rings. The standard InChI is InChI=1S/C16H14N8O8/c1-9(17-19-13-5-3-11(21(25)26)7-15(13)23(29)30)10(2)18-20-14-6-4-12(22(27)28)8-16(14)24(31)32/h3-8,19-20H,1-2H3/b17-9-,18-10+. The topological polar surface area (TPSA) is 221 Å². The van der Waals surface area contributed by atoms with Crippen molar-refractivity contribution in [1.29, 1.82) is 0 Å². The van der Waals surface area contributed by atoms with E-state index in [9.17, 15) is 40.5 Å². The first-order valence-electron chi connectivity index (χ1n) is 8.48. The monoisotopic (exact) mass is 446 g/mol. The Morgan fingerprint density at radius 3 is 1.28 bits per heavy atom. The van der Waals surface area contributed by atoms with Gasteiger partial charge in [0, 0.05) is 12.1 Å². The molecule has 2 aromatic carbocycles. The average molecular weight is 446 g/mol. The van der Waals surface area contributed by atoms with Crippen molar-refractivity contribution in [2.45, 2.75) is 13.8 Å². The first-order valence-corrected chi connectivity index (χ1v) is 8.48. The minimum Gasteiger partial charge on any atom is -0.271 e. The first kappa shape index (κ1) is 23.3. The Morgan fingerprint density at radius 1 is 0.656 bits per heavy atom. The van der Waals surface area contributed by atoms with Crippen LogP contribution in [0.15, 0.2) is 46.6 Å². The van der Waals surface area contributed by atoms with Gasteiger partial charge in [0.2, 0.25) is 0 Å². The molecule has 0 aliphatic heterocycles. The molecule has 0 aliphatic rings. The van der Waals surface area contributed by atoms with Crippen LogP contribution in [0.25, 0.3) is 0 Å². The van der Waals surface area contributed by atoms with Gasteiger partial charge in [-0.25, -0.2) is 0 Å². The van der Waals surface area contributed by atoms with E-state index in [2.05, 4.69) is 21.1 Å². The van der Waals surface area contributed by atoms with Crippen LogP contribution in [-0.4, -0.2) is 31.1 Å². The van der Waals surface area contributed by atoms with Gasteiger partial charge in [0.25, 0.3) is 11.4 Å². The number of benzene rings is 2. The zero-order chi connectivity index (χ0) is 24.0. The van der Waals surface area contributed by atoms with Gasteiger partial charge in [-0.15, -0.1) is 0 Å². The molecule has 0 fully saturated rings. The number of nitrogens with one attached hydrogen (secondary N) is 2. The molecule has 2 rings (SSSR count). The zero-order valence-electron chi connectivity index (χ0n) is 16.4. The summed E-state index contributed by atoms with van der Waals surface area (Å²) in [4.78, 5) is 40.7. The molecule has 0 radical (unpaired) electrons. The van der Waals surface area contributed by atoms with Crippen LogP contribution in [0.1, 0.15) is 13.8 Å². The summed E-state index contributed by atoms with van der Waals surface area (Å²) in [5.41, 5.74) is 3.01. The maximum Gasteiger partial charge on any atom is 0.301 e. The third kappa shape index (κ3) is 5.53. The van der Waals surface area contributed by atoms with Crippen molar-refractivity contribution in [3.05, 3.63) is 76.9 Å². The van der Waals surface area contributed by atoms with E-state index in [-0.39, 0.29) is 22.8 Å². The summed E-state index contributed by atoms with van der Waals surface area (Å²) in [6, 6.07) is 5.94. The molecule has 16 heteroatoms. The van der Waals surface area contributed by atoms with Crippen LogP contribution in [-0.2, 0) is 0 Å². The Hall–Kier alpha value is -5.02. The molecule has 0 heterocycles. The molecule has 0 saturated heterocycles. The van der Waals surface area contributed by atoms with E-state index in [1.54, 1.807) is 0 Å². The van der Waals surface area contributed by atoms with Crippen molar-refractivity contribution >= 4 is 45.5 Å². The molecule has 16 nitrogen and oxygen atoms in total. The Kier molecular flexibility index (Phi) is 7.02. The molecule has 0 saturated carbocycles. The third-order valence-electron chi connectivity index (χ3n) is 3.99. The fraction of sp³-hybridized carbons (Fsp3) is 0.125. The molecule has 0 atom stereocenters. The van der Waals surface area contributed by atoms with E-state index < -0.39 is 42.4 Å². The van der Waals surface area contributed by atoms with Crippen LogP contribution in [0.4, 0.5) is 34.1 Å². The Bertz CT molecular complexity index is 1090. The molecule has 0 aliphatic carbocycles. The van der Waals surface area contributed by atoms with Crippen LogP contribution in [0, 0.1) is 40.5 Å². The van der Waals surface area contributed by atoms with Crippen molar-refractivity contribution in [1.82, 2.24) is 0 Å². The van der Waals surface area contributed by atoms with Crippen molar-refractivity contribution in [2.24, 2.45) is 10.2 Å². The molecular formula is C16H14N8O8. The minimum atomic E-state index is -0.809. The highest BCUT2D eigenvalue weighted by Gasteiger charge is 2.20. The van der Waals surface area contributed by atoms with E-state index in [0.717, 1.165) is 36.4 Å². The van der Waals surface area contributed by atoms with Crippen LogP contribution in [0.3, 0.4) is 0 Å². The summed E-state index contributed by atoms with van der Waals surface area (Å²) in [6.45, 7) is 2.96. The third-order valence-corrected chi connectivity index (χ3v) is 3.99. The van der Waals surface area contributed by atoms with Gasteiger partial charge in [-0.05, 0) is 26.0 Å². The quantitative estimate of drug-likeness (QED) is 0.323. The van der Waals surface area contributed by atoms with Crippen LogP contribution >= 0.6 is 0 Å². The van der Waals surface area contributed by atoms with E-state index in [0.29, 0.717) is 0 Å². The largest absolute Gasteiger partial charge is 0.301 e. The van der Waals surface area contributed by atoms with Gasteiger partial charge in [-0.1, -0.05) is 0 Å². The van der Waals surface area contributed by atoms with Crippen molar-refractivity contribution in [2.75, 3.05) is 10.9 Å². The fourth-order valence-electron chi connectivity index (χ4n) is 2.21. The lowest BCUT2D eigenvalue weighted by Crippen LogP contribution is -2.11. The minimum absolute atomic E-state index is 0.105. The lowest BCUT2D eigenvalue weighted by Gasteiger charge is -2.06. The zero-order valence-corrected chi connectivity index (χ0v) is 16.4. The average Bonchev–Trinajstić information content (AvgIpc) is 2.74. The Labute approximate surface area is 177 Å². The molecule has 2 N–H and O–H groups in total. The summed E-state index contributed by atoms with van der Waals surface area (Å²) in [6.07, 6.45) is 0. The number of nitro benzene ring substituents is 4. The SMILES string of the molecule is CC(=N/Nc1ccc([N+](=O)[O-])cc1[N+](=O)[O-])/C(C)=N/Nc1ccc([N+](=O)[O-])cc1[N+](=O)[O-]. The number of hydrogen-bond acceptors (Lipinski definition) is 12. The lowest BCUT2D eigenvalue weighted by atomic mass is 10.2. The molecule has 32 heavy (non-hydrogen) atoms. The second-order valence-corrected chi connectivity index (χ2v) is 6.05. The van der Waals surface area contributed by atoms with Gasteiger partial charge in [0.15, 0.2) is 0 Å². The summed E-state index contributed by atoms with van der Waals surface area (Å²) < 4.78 is 0. The number of anilines is 2. The predicted octanol–water partition coefficient (Wildman–Crippen LogP) is 3.60. The highest BCUT2D eigenvalue weighted by Crippen LogP contribution is 2.30. The predicted molar refractivity (Wildman–Crippen MR) is 113 cm³/mol. The smallest absolute Gasteiger partial charge is 0.271 e. The Balaban J connectivity index is 2.23. The van der Waals surface area contributed by atoms with E-state index >= 15 is 0 Å². The molecular weight excluding hydrogens is 432 g/mol. The molecule has 0 bridgehead atoms. The van der Waals surface area contributed by atoms with Crippen molar-refractivity contribution in [3.63, 3.8) is 0 Å². The fourth-order valence-corrected chi connectivity index (χ4v) is 2.21. The van der Waals surface area contributed by atoms with Gasteiger partial charge in [-0.3, -0.25) is 51.3 Å². The number of non-ortho nitro benzene ring substituents is 2. The maximum atomic E-state index is 11.2. The maximum absolute atomic E-state index is 11.2. The van der Waals surface area contributed by atoms with Gasteiger partial charge in [0.1, 0.15) is 11.4 Å². The van der Waals surface area contributed by atoms with Gasteiger partial charge < -0.3 is 0 Å². The van der Waals surface area contributed by atoms with E-state index in [4.69, 9.17) is 0 Å². The second kappa shape index (κ2) is 9.65. The molecule has 0 unspecified atom stereocenters. The Morgan fingerprint density at radius 2 is 1.00 bits per heavy atom. The van der Waals surface area contributed by atoms with Gasteiger partial charge in [-0.2, -0.15) is 10.2 Å². The summed E-state index contributed by atoms with van der Waals surface area (Å²) in [7, 11) is 0. The van der Waals surface area contributed by atoms with Gasteiger partial charge in [0.05, 0.1) is 43.2 Å². The van der Waals surface area contributed by atoms with E-state index in [1.165, 1.54) is 13.8 Å². The lowest BCUT2D eigenvalue weighted by molar-refractivity contribution is -0.393. The van der Waals surface area contributed by atoms with Crippen LogP contribution < -0.4 is 10.9 Å². The summed E-state index contributed by atoms with van der Waals surface area (Å²) in [5.74, 6) is 0. The van der Waals surface area contributed by atoms with E-state index in [1.807, 2.05) is 0 Å². The second-order valence-electron chi connectivity index (χ2n) is 6.05. The normalized spacial score (nSPS) is 11.6.